The first kappa shape index (κ1) is 12.5. The molecule has 0 bridgehead atoms. The summed E-state index contributed by atoms with van der Waals surface area (Å²) in [6, 6.07) is 14.6. The monoisotopic (exact) mass is 232 g/mol. The number of rotatable bonds is 1. The van der Waals surface area contributed by atoms with E-state index in [0.29, 0.717) is 0 Å². The summed E-state index contributed by atoms with van der Waals surface area (Å²) in [5.74, 6) is 0. The van der Waals surface area contributed by atoms with Gasteiger partial charge in [-0.25, -0.2) is 0 Å². The van der Waals surface area contributed by atoms with E-state index >= 15 is 0 Å². The lowest BCUT2D eigenvalue weighted by molar-refractivity contribution is 1.70. The van der Waals surface area contributed by atoms with E-state index in [1.807, 2.05) is 6.07 Å². The summed E-state index contributed by atoms with van der Waals surface area (Å²) in [4.78, 5) is 1.34. The van der Waals surface area contributed by atoms with Crippen LogP contribution in [0.2, 0.25) is 0 Å². The molecule has 0 saturated heterocycles. The molecule has 0 nitrogen and oxygen atoms in total. The van der Waals surface area contributed by atoms with Crippen molar-refractivity contribution in [2.24, 2.45) is 0 Å². The van der Waals surface area contributed by atoms with Gasteiger partial charge < -0.3 is 0 Å². The molecule has 1 heterocycles. The van der Waals surface area contributed by atoms with Crippen LogP contribution in [-0.2, 0) is 0 Å². The van der Waals surface area contributed by atoms with Gasteiger partial charge in [0.25, 0.3) is 0 Å². The van der Waals surface area contributed by atoms with Crippen molar-refractivity contribution >= 4 is 36.2 Å². The van der Waals surface area contributed by atoms with Crippen molar-refractivity contribution in [1.82, 2.24) is 0 Å². The predicted octanol–water partition coefficient (Wildman–Crippen LogP) is 4.26. The van der Waals surface area contributed by atoms with Gasteiger partial charge in [-0.3, -0.25) is 0 Å². The molecule has 2 rings (SSSR count). The molecule has 1 aromatic heterocycles. The molecule has 0 aliphatic heterocycles. The summed E-state index contributed by atoms with van der Waals surface area (Å²) in [5, 5.41) is 2.10. The SMILES string of the molecule is Cl.Cl.c1ccc(-c2cccs2)cc1. The number of hydrogen-bond donors (Lipinski definition) is 0. The predicted molar refractivity (Wildman–Crippen MR) is 64.3 cm³/mol. The zero-order chi connectivity index (χ0) is 7.52. The Morgan fingerprint density at radius 2 is 1.46 bits per heavy atom. The Morgan fingerprint density at radius 3 is 2.00 bits per heavy atom. The summed E-state index contributed by atoms with van der Waals surface area (Å²) in [5.41, 5.74) is 1.31. The number of halogens is 2. The maximum atomic E-state index is 2.14. The Hall–Kier alpha value is -0.500. The minimum absolute atomic E-state index is 0. The number of benzene rings is 1. The molecule has 3 heteroatoms. The molecule has 0 fully saturated rings. The molecule has 0 amide bonds. The van der Waals surface area contributed by atoms with Crippen LogP contribution in [0.25, 0.3) is 10.4 Å². The Bertz CT molecular complexity index is 316. The summed E-state index contributed by atoms with van der Waals surface area (Å²) in [6.07, 6.45) is 0. The molecule has 0 unspecified atom stereocenters. The van der Waals surface area contributed by atoms with E-state index in [2.05, 4.69) is 41.8 Å². The molecule has 0 aliphatic carbocycles. The Kier molecular flexibility index (Phi) is 5.80. The average molecular weight is 233 g/mol. The third kappa shape index (κ3) is 3.03. The van der Waals surface area contributed by atoms with E-state index in [1.54, 1.807) is 11.3 Å². The highest BCUT2D eigenvalue weighted by Crippen LogP contribution is 2.23. The van der Waals surface area contributed by atoms with Gasteiger partial charge in [0.1, 0.15) is 0 Å². The third-order valence-corrected chi connectivity index (χ3v) is 2.50. The molecule has 0 radical (unpaired) electrons. The first-order valence-electron chi connectivity index (χ1n) is 3.56. The maximum Gasteiger partial charge on any atom is 0.0342 e. The minimum Gasteiger partial charge on any atom is -0.147 e. The fourth-order valence-electron chi connectivity index (χ4n) is 1.05. The second-order valence-electron chi connectivity index (χ2n) is 2.34. The number of thiophene rings is 1. The summed E-state index contributed by atoms with van der Waals surface area (Å²) < 4.78 is 0. The summed E-state index contributed by atoms with van der Waals surface area (Å²) >= 11 is 1.78. The zero-order valence-electron chi connectivity index (χ0n) is 6.84. The van der Waals surface area contributed by atoms with E-state index in [9.17, 15) is 0 Å². The molecule has 2 aromatic rings. The van der Waals surface area contributed by atoms with Crippen LogP contribution in [0.15, 0.2) is 47.8 Å². The highest BCUT2D eigenvalue weighted by Gasteiger charge is 1.93. The summed E-state index contributed by atoms with van der Waals surface area (Å²) in [6.45, 7) is 0. The fourth-order valence-corrected chi connectivity index (χ4v) is 1.78. The second kappa shape index (κ2) is 6.03. The van der Waals surface area contributed by atoms with Crippen LogP contribution < -0.4 is 0 Å². The quantitative estimate of drug-likeness (QED) is 0.690. The Balaban J connectivity index is 0.000000720. The van der Waals surface area contributed by atoms with Gasteiger partial charge in [-0.05, 0) is 17.0 Å². The van der Waals surface area contributed by atoms with Crippen molar-refractivity contribution in [2.45, 2.75) is 0 Å². The first-order chi connectivity index (χ1) is 5.47. The van der Waals surface area contributed by atoms with Crippen LogP contribution in [0.3, 0.4) is 0 Å². The average Bonchev–Trinajstić information content (AvgIpc) is 2.58. The molecule has 1 aromatic carbocycles. The van der Waals surface area contributed by atoms with Crippen molar-refractivity contribution < 1.29 is 0 Å². The molecule has 70 valence electrons. The minimum atomic E-state index is 0. The van der Waals surface area contributed by atoms with E-state index < -0.39 is 0 Å². The van der Waals surface area contributed by atoms with Crippen LogP contribution in [-0.4, -0.2) is 0 Å². The van der Waals surface area contributed by atoms with Crippen LogP contribution >= 0.6 is 36.2 Å². The molecule has 0 atom stereocenters. The maximum absolute atomic E-state index is 2.14. The zero-order valence-corrected chi connectivity index (χ0v) is 9.29. The molecular weight excluding hydrogens is 223 g/mol. The van der Waals surface area contributed by atoms with Crippen molar-refractivity contribution in [3.8, 4) is 10.4 Å². The molecule has 0 spiro atoms. The van der Waals surface area contributed by atoms with Gasteiger partial charge in [0.05, 0.1) is 0 Å². The first-order valence-corrected chi connectivity index (χ1v) is 4.44. The van der Waals surface area contributed by atoms with Gasteiger partial charge in [0, 0.05) is 4.88 Å². The largest absolute Gasteiger partial charge is 0.147 e. The smallest absolute Gasteiger partial charge is 0.0342 e. The lowest BCUT2D eigenvalue weighted by atomic mass is 10.2. The van der Waals surface area contributed by atoms with Crippen LogP contribution in [0.4, 0.5) is 0 Å². The van der Waals surface area contributed by atoms with E-state index in [0.717, 1.165) is 0 Å². The van der Waals surface area contributed by atoms with E-state index in [4.69, 9.17) is 0 Å². The van der Waals surface area contributed by atoms with E-state index in [1.165, 1.54) is 10.4 Å². The molecule has 0 aliphatic rings. The van der Waals surface area contributed by atoms with Gasteiger partial charge in [0.2, 0.25) is 0 Å². The van der Waals surface area contributed by atoms with Crippen molar-refractivity contribution in [1.29, 1.82) is 0 Å². The van der Waals surface area contributed by atoms with Crippen molar-refractivity contribution in [3.05, 3.63) is 47.8 Å². The molecule has 0 saturated carbocycles. The highest BCUT2D eigenvalue weighted by molar-refractivity contribution is 7.13. The topological polar surface area (TPSA) is 0 Å². The van der Waals surface area contributed by atoms with Gasteiger partial charge in [-0.2, -0.15) is 0 Å². The second-order valence-corrected chi connectivity index (χ2v) is 3.29. The fraction of sp³-hybridized carbons (Fsp3) is 0. The van der Waals surface area contributed by atoms with Crippen LogP contribution in [0.5, 0.6) is 0 Å². The van der Waals surface area contributed by atoms with Gasteiger partial charge >= 0.3 is 0 Å². The van der Waals surface area contributed by atoms with Gasteiger partial charge in [-0.1, -0.05) is 36.4 Å². The Morgan fingerprint density at radius 1 is 0.769 bits per heavy atom. The molecular formula is C10H10Cl2S. The lowest BCUT2D eigenvalue weighted by Crippen LogP contribution is -1.67. The van der Waals surface area contributed by atoms with Gasteiger partial charge in [0.15, 0.2) is 0 Å². The highest BCUT2D eigenvalue weighted by atomic mass is 35.5. The normalized spacial score (nSPS) is 8.31. The van der Waals surface area contributed by atoms with Crippen LogP contribution in [0, 0.1) is 0 Å². The van der Waals surface area contributed by atoms with E-state index in [-0.39, 0.29) is 24.8 Å². The van der Waals surface area contributed by atoms with Crippen molar-refractivity contribution in [2.75, 3.05) is 0 Å². The number of hydrogen-bond acceptors (Lipinski definition) is 1. The standard InChI is InChI=1S/C10H8S.2ClH/c1-2-5-9(6-3-1)10-7-4-8-11-10;;/h1-8H;2*1H. The summed E-state index contributed by atoms with van der Waals surface area (Å²) in [7, 11) is 0. The third-order valence-electron chi connectivity index (χ3n) is 1.58. The Labute approximate surface area is 94.4 Å². The molecule has 13 heavy (non-hydrogen) atoms. The lowest BCUT2D eigenvalue weighted by Gasteiger charge is -1.93. The van der Waals surface area contributed by atoms with Gasteiger partial charge in [-0.15, -0.1) is 36.2 Å². The van der Waals surface area contributed by atoms with Crippen LogP contribution in [0.1, 0.15) is 0 Å². The molecule has 0 N–H and O–H groups in total. The van der Waals surface area contributed by atoms with Crippen molar-refractivity contribution in [3.63, 3.8) is 0 Å².